The quantitative estimate of drug-likeness (QED) is 0.882. The second-order valence-electron chi connectivity index (χ2n) is 4.71. The molecule has 0 spiro atoms. The number of nitrogens with one attached hydrogen (secondary N) is 1. The molecule has 8 heteroatoms. The molecule has 1 amide bonds. The van der Waals surface area contributed by atoms with E-state index >= 15 is 0 Å². The Bertz CT molecular complexity index is 595. The fraction of sp³-hybridized carbons (Fsp3) is 0.462. The van der Waals surface area contributed by atoms with Crippen LogP contribution in [0.15, 0.2) is 23.1 Å². The number of ether oxygens (including phenoxy) is 1. The molecule has 0 bridgehead atoms. The molecule has 1 aliphatic heterocycles. The van der Waals surface area contributed by atoms with Crippen molar-refractivity contribution in [2.45, 2.75) is 25.3 Å². The minimum absolute atomic E-state index is 0.172. The van der Waals surface area contributed by atoms with E-state index in [4.69, 9.17) is 9.26 Å². The first kappa shape index (κ1) is 13.6. The summed E-state index contributed by atoms with van der Waals surface area (Å²) in [5.41, 5.74) is 0.252. The Morgan fingerprint density at radius 2 is 2.19 bits per heavy atom. The zero-order valence-electron chi connectivity index (χ0n) is 11.4. The first-order valence-corrected chi connectivity index (χ1v) is 6.77. The number of aromatic nitrogens is 4. The highest BCUT2D eigenvalue weighted by Gasteiger charge is 2.21. The number of rotatable bonds is 4. The fourth-order valence-electron chi connectivity index (χ4n) is 2.12. The van der Waals surface area contributed by atoms with Gasteiger partial charge in [0.2, 0.25) is 5.89 Å². The molecule has 0 atom stereocenters. The summed E-state index contributed by atoms with van der Waals surface area (Å²) in [5.74, 6) is 1.01. The van der Waals surface area contributed by atoms with Gasteiger partial charge in [-0.25, -0.2) is 4.98 Å². The number of carbonyl (C=O) groups excluding carboxylic acids is 1. The molecule has 2 aromatic heterocycles. The van der Waals surface area contributed by atoms with Gasteiger partial charge in [0, 0.05) is 31.5 Å². The third-order valence-electron chi connectivity index (χ3n) is 3.27. The SMILES string of the molecule is O=C(NCc1nc(C2CCOCC2)no1)c1cnccn1. The largest absolute Gasteiger partial charge is 0.381 e. The summed E-state index contributed by atoms with van der Waals surface area (Å²) in [6, 6.07) is 0. The third-order valence-corrected chi connectivity index (χ3v) is 3.27. The highest BCUT2D eigenvalue weighted by molar-refractivity contribution is 5.91. The van der Waals surface area contributed by atoms with Crippen LogP contribution < -0.4 is 5.32 Å². The van der Waals surface area contributed by atoms with Crippen molar-refractivity contribution in [2.75, 3.05) is 13.2 Å². The fourth-order valence-corrected chi connectivity index (χ4v) is 2.12. The van der Waals surface area contributed by atoms with E-state index in [9.17, 15) is 4.79 Å². The monoisotopic (exact) mass is 289 g/mol. The lowest BCUT2D eigenvalue weighted by Gasteiger charge is -2.18. The van der Waals surface area contributed by atoms with E-state index in [0.29, 0.717) is 11.7 Å². The molecule has 1 aliphatic rings. The van der Waals surface area contributed by atoms with Crippen LogP contribution in [0.1, 0.15) is 41.0 Å². The lowest BCUT2D eigenvalue weighted by Crippen LogP contribution is -2.24. The van der Waals surface area contributed by atoms with Gasteiger partial charge in [-0.3, -0.25) is 9.78 Å². The zero-order valence-corrected chi connectivity index (χ0v) is 11.4. The van der Waals surface area contributed by atoms with Crippen molar-refractivity contribution in [2.24, 2.45) is 0 Å². The molecule has 1 N–H and O–H groups in total. The average molecular weight is 289 g/mol. The van der Waals surface area contributed by atoms with Gasteiger partial charge in [0.25, 0.3) is 5.91 Å². The molecule has 1 fully saturated rings. The van der Waals surface area contributed by atoms with Gasteiger partial charge in [-0.2, -0.15) is 4.98 Å². The van der Waals surface area contributed by atoms with Gasteiger partial charge < -0.3 is 14.6 Å². The molecule has 1 saturated heterocycles. The van der Waals surface area contributed by atoms with Crippen LogP contribution in [0.2, 0.25) is 0 Å². The summed E-state index contributed by atoms with van der Waals surface area (Å²) in [5, 5.41) is 6.64. The topological polar surface area (TPSA) is 103 Å². The molecular weight excluding hydrogens is 274 g/mol. The minimum atomic E-state index is -0.325. The highest BCUT2D eigenvalue weighted by Crippen LogP contribution is 2.24. The van der Waals surface area contributed by atoms with E-state index in [0.717, 1.165) is 26.1 Å². The van der Waals surface area contributed by atoms with E-state index in [1.165, 1.54) is 18.6 Å². The van der Waals surface area contributed by atoms with Crippen molar-refractivity contribution in [3.05, 3.63) is 36.0 Å². The third kappa shape index (κ3) is 3.40. The predicted molar refractivity (Wildman–Crippen MR) is 70.3 cm³/mol. The van der Waals surface area contributed by atoms with Crippen LogP contribution in [0.3, 0.4) is 0 Å². The zero-order chi connectivity index (χ0) is 14.5. The van der Waals surface area contributed by atoms with Gasteiger partial charge in [-0.15, -0.1) is 0 Å². The molecule has 0 unspecified atom stereocenters. The van der Waals surface area contributed by atoms with Gasteiger partial charge >= 0.3 is 0 Å². The normalized spacial score (nSPS) is 15.8. The van der Waals surface area contributed by atoms with Crippen molar-refractivity contribution in [1.29, 1.82) is 0 Å². The van der Waals surface area contributed by atoms with Gasteiger partial charge in [-0.05, 0) is 12.8 Å². The lowest BCUT2D eigenvalue weighted by molar-refractivity contribution is 0.0830. The van der Waals surface area contributed by atoms with Crippen molar-refractivity contribution >= 4 is 5.91 Å². The summed E-state index contributed by atoms with van der Waals surface area (Å²) < 4.78 is 10.5. The van der Waals surface area contributed by atoms with Crippen LogP contribution in [0.25, 0.3) is 0 Å². The van der Waals surface area contributed by atoms with Crippen LogP contribution in [-0.2, 0) is 11.3 Å². The summed E-state index contributed by atoms with van der Waals surface area (Å²) in [6.45, 7) is 1.61. The van der Waals surface area contributed by atoms with E-state index in [-0.39, 0.29) is 24.1 Å². The average Bonchev–Trinajstić information content (AvgIpc) is 3.03. The first-order chi connectivity index (χ1) is 10.3. The van der Waals surface area contributed by atoms with Gasteiger partial charge in [0.1, 0.15) is 5.69 Å². The van der Waals surface area contributed by atoms with Crippen LogP contribution in [-0.4, -0.2) is 39.2 Å². The maximum atomic E-state index is 11.8. The van der Waals surface area contributed by atoms with Crippen molar-refractivity contribution < 1.29 is 14.1 Å². The molecule has 0 aromatic carbocycles. The Labute approximate surface area is 120 Å². The maximum absolute atomic E-state index is 11.8. The predicted octanol–water partition coefficient (Wildman–Crippen LogP) is 0.684. The Morgan fingerprint density at radius 1 is 1.33 bits per heavy atom. The molecule has 110 valence electrons. The lowest BCUT2D eigenvalue weighted by atomic mass is 10.00. The number of hydrogen-bond acceptors (Lipinski definition) is 7. The van der Waals surface area contributed by atoms with E-state index in [1.54, 1.807) is 0 Å². The molecule has 8 nitrogen and oxygen atoms in total. The minimum Gasteiger partial charge on any atom is -0.381 e. The maximum Gasteiger partial charge on any atom is 0.271 e. The number of nitrogens with zero attached hydrogens (tertiary/aromatic N) is 4. The van der Waals surface area contributed by atoms with Crippen LogP contribution in [0, 0.1) is 0 Å². The van der Waals surface area contributed by atoms with Crippen molar-refractivity contribution in [3.63, 3.8) is 0 Å². The van der Waals surface area contributed by atoms with E-state index in [2.05, 4.69) is 25.4 Å². The number of carbonyl (C=O) groups is 1. The summed E-state index contributed by atoms with van der Waals surface area (Å²) in [7, 11) is 0. The van der Waals surface area contributed by atoms with Crippen molar-refractivity contribution in [3.8, 4) is 0 Å². The van der Waals surface area contributed by atoms with Crippen LogP contribution in [0.4, 0.5) is 0 Å². The molecule has 3 rings (SSSR count). The van der Waals surface area contributed by atoms with Gasteiger partial charge in [0.05, 0.1) is 12.7 Å². The molecule has 3 heterocycles. The van der Waals surface area contributed by atoms with E-state index in [1.807, 2.05) is 0 Å². The smallest absolute Gasteiger partial charge is 0.271 e. The number of amides is 1. The van der Waals surface area contributed by atoms with Gasteiger partial charge in [-0.1, -0.05) is 5.16 Å². The van der Waals surface area contributed by atoms with E-state index < -0.39 is 0 Å². The first-order valence-electron chi connectivity index (χ1n) is 6.77. The van der Waals surface area contributed by atoms with Crippen LogP contribution >= 0.6 is 0 Å². The molecule has 0 aliphatic carbocycles. The molecule has 2 aromatic rings. The second kappa shape index (κ2) is 6.40. The Kier molecular flexibility index (Phi) is 4.15. The molecule has 0 radical (unpaired) electrons. The standard InChI is InChI=1S/C13H15N5O3/c19-13(10-7-14-3-4-15-10)16-8-11-17-12(18-21-11)9-1-5-20-6-2-9/h3-4,7,9H,1-2,5-6,8H2,(H,16,19). The van der Waals surface area contributed by atoms with Crippen LogP contribution in [0.5, 0.6) is 0 Å². The van der Waals surface area contributed by atoms with Crippen molar-refractivity contribution in [1.82, 2.24) is 25.4 Å². The second-order valence-corrected chi connectivity index (χ2v) is 4.71. The molecule has 0 saturated carbocycles. The summed E-state index contributed by atoms with van der Waals surface area (Å²) >= 11 is 0. The Hall–Kier alpha value is -2.35. The van der Waals surface area contributed by atoms with Gasteiger partial charge in [0.15, 0.2) is 5.82 Å². The Morgan fingerprint density at radius 3 is 2.95 bits per heavy atom. The summed E-state index contributed by atoms with van der Waals surface area (Å²) in [6.07, 6.45) is 6.16. The molecular formula is C13H15N5O3. The summed E-state index contributed by atoms with van der Waals surface area (Å²) in [4.78, 5) is 23.9. The number of hydrogen-bond donors (Lipinski definition) is 1. The Balaban J connectivity index is 1.56. The highest BCUT2D eigenvalue weighted by atomic mass is 16.5. The molecule has 21 heavy (non-hydrogen) atoms.